The third-order valence-corrected chi connectivity index (χ3v) is 9.66. The number of piperidine rings is 1. The third kappa shape index (κ3) is 3.90. The molecule has 2 fully saturated rings. The molecule has 0 radical (unpaired) electrons. The number of likely N-dealkylation sites (tertiary alicyclic amines) is 1. The molecule has 38 heavy (non-hydrogen) atoms. The molecule has 5 heterocycles. The minimum absolute atomic E-state index is 0.00718. The number of rotatable bonds is 3. The molecule has 2 saturated heterocycles. The molecule has 1 spiro atoms. The molecule has 0 saturated carbocycles. The fourth-order valence-corrected chi connectivity index (χ4v) is 7.38. The Hall–Kier alpha value is -3.32. The Kier molecular flexibility index (Phi) is 5.73. The van der Waals surface area contributed by atoms with Crippen LogP contribution in [0.25, 0.3) is 0 Å². The standard InChI is InChI=1S/C30H32ClN5O2/c31-25-7-13-33-17-18-36(29(38)27(25)33)26-4-3-21-1-2-22(19-24(21)26)28(37)34-14-8-30(9-15-34)10-16-35(20-30)23-5-11-32-12-6-23/h1-2,5-7,11-13,19,26H,3-4,8-10,14-18,20H2. The van der Waals surface area contributed by atoms with Crippen LogP contribution in [-0.2, 0) is 13.0 Å². The number of hydrogen-bond donors (Lipinski definition) is 0. The SMILES string of the molecule is O=C(c1ccc2c(c1)C(N1CCn3ccc(Cl)c3C1=O)CC2)N1CCC2(CC1)CCN(c1ccncc1)C2. The van der Waals surface area contributed by atoms with Crippen molar-refractivity contribution in [3.05, 3.63) is 82.4 Å². The van der Waals surface area contributed by atoms with Crippen LogP contribution in [0.2, 0.25) is 5.02 Å². The number of amides is 2. The van der Waals surface area contributed by atoms with Gasteiger partial charge in [-0.25, -0.2) is 0 Å². The maximum Gasteiger partial charge on any atom is 0.272 e. The van der Waals surface area contributed by atoms with Gasteiger partial charge in [0.05, 0.1) is 11.1 Å². The zero-order chi connectivity index (χ0) is 25.9. The van der Waals surface area contributed by atoms with Gasteiger partial charge in [0, 0.05) is 69.1 Å². The number of carbonyl (C=O) groups is 2. The van der Waals surface area contributed by atoms with E-state index in [9.17, 15) is 9.59 Å². The Morgan fingerprint density at radius 2 is 1.76 bits per heavy atom. The predicted molar refractivity (Wildman–Crippen MR) is 147 cm³/mol. The quantitative estimate of drug-likeness (QED) is 0.488. The molecule has 4 aliphatic rings. The second-order valence-electron chi connectivity index (χ2n) is 11.3. The largest absolute Gasteiger partial charge is 0.371 e. The van der Waals surface area contributed by atoms with Crippen LogP contribution in [0.15, 0.2) is 55.0 Å². The van der Waals surface area contributed by atoms with E-state index < -0.39 is 0 Å². The van der Waals surface area contributed by atoms with E-state index >= 15 is 0 Å². The van der Waals surface area contributed by atoms with Crippen molar-refractivity contribution in [2.75, 3.05) is 37.6 Å². The fraction of sp³-hybridized carbons (Fsp3) is 0.433. The van der Waals surface area contributed by atoms with Crippen molar-refractivity contribution in [2.45, 2.75) is 44.7 Å². The van der Waals surface area contributed by atoms with E-state index in [2.05, 4.69) is 34.1 Å². The van der Waals surface area contributed by atoms with Gasteiger partial charge in [-0.05, 0) is 79.0 Å². The molecule has 0 N–H and O–H groups in total. The van der Waals surface area contributed by atoms with Gasteiger partial charge in [0.2, 0.25) is 0 Å². The highest BCUT2D eigenvalue weighted by molar-refractivity contribution is 6.33. The van der Waals surface area contributed by atoms with Crippen molar-refractivity contribution in [3.8, 4) is 0 Å². The topological polar surface area (TPSA) is 61.7 Å². The summed E-state index contributed by atoms with van der Waals surface area (Å²) in [5, 5.41) is 0.510. The van der Waals surface area contributed by atoms with Crippen molar-refractivity contribution in [1.82, 2.24) is 19.4 Å². The molecule has 7 rings (SSSR count). The lowest BCUT2D eigenvalue weighted by molar-refractivity contribution is 0.0610. The highest BCUT2D eigenvalue weighted by atomic mass is 35.5. The molecular weight excluding hydrogens is 498 g/mol. The molecule has 3 aromatic rings. The van der Waals surface area contributed by atoms with E-state index in [1.54, 1.807) is 6.07 Å². The Bertz CT molecular complexity index is 1390. The maximum absolute atomic E-state index is 13.6. The van der Waals surface area contributed by atoms with E-state index in [0.29, 0.717) is 17.3 Å². The third-order valence-electron chi connectivity index (χ3n) is 9.35. The number of pyridine rings is 1. The number of halogens is 1. The van der Waals surface area contributed by atoms with Crippen molar-refractivity contribution < 1.29 is 9.59 Å². The van der Waals surface area contributed by atoms with Crippen LogP contribution in [0.1, 0.15) is 63.7 Å². The molecule has 196 valence electrons. The van der Waals surface area contributed by atoms with Crippen LogP contribution < -0.4 is 4.90 Å². The van der Waals surface area contributed by atoms with Gasteiger partial charge in [0.15, 0.2) is 0 Å². The minimum atomic E-state index is -0.0143. The second kappa shape index (κ2) is 9.16. The molecule has 0 bridgehead atoms. The molecule has 3 aliphatic heterocycles. The summed E-state index contributed by atoms with van der Waals surface area (Å²) in [4.78, 5) is 37.6. The van der Waals surface area contributed by atoms with Crippen LogP contribution in [0, 0.1) is 5.41 Å². The summed E-state index contributed by atoms with van der Waals surface area (Å²) >= 11 is 6.34. The van der Waals surface area contributed by atoms with Gasteiger partial charge >= 0.3 is 0 Å². The fourth-order valence-electron chi connectivity index (χ4n) is 7.13. The van der Waals surface area contributed by atoms with Crippen LogP contribution in [0.5, 0.6) is 0 Å². The lowest BCUT2D eigenvalue weighted by Gasteiger charge is -2.39. The molecule has 2 amide bonds. The van der Waals surface area contributed by atoms with Gasteiger partial charge in [-0.2, -0.15) is 0 Å². The molecule has 2 aromatic heterocycles. The summed E-state index contributed by atoms with van der Waals surface area (Å²) < 4.78 is 1.95. The summed E-state index contributed by atoms with van der Waals surface area (Å²) in [5.74, 6) is 0.0960. The Morgan fingerprint density at radius 1 is 0.974 bits per heavy atom. The number of nitrogens with zero attached hydrogens (tertiary/aromatic N) is 5. The first-order chi connectivity index (χ1) is 18.5. The Balaban J connectivity index is 1.05. The number of benzene rings is 1. The van der Waals surface area contributed by atoms with E-state index in [1.165, 1.54) is 17.7 Å². The van der Waals surface area contributed by atoms with Gasteiger partial charge in [-0.1, -0.05) is 17.7 Å². The van der Waals surface area contributed by atoms with Crippen molar-refractivity contribution in [1.29, 1.82) is 0 Å². The Morgan fingerprint density at radius 3 is 2.58 bits per heavy atom. The van der Waals surface area contributed by atoms with Gasteiger partial charge in [0.25, 0.3) is 11.8 Å². The minimum Gasteiger partial charge on any atom is -0.371 e. The average molecular weight is 530 g/mol. The van der Waals surface area contributed by atoms with Crippen LogP contribution in [0.4, 0.5) is 5.69 Å². The predicted octanol–water partition coefficient (Wildman–Crippen LogP) is 4.81. The lowest BCUT2D eigenvalue weighted by atomic mass is 9.77. The molecule has 7 nitrogen and oxygen atoms in total. The van der Waals surface area contributed by atoms with Crippen LogP contribution in [-0.4, -0.2) is 63.9 Å². The number of aromatic nitrogens is 2. The van der Waals surface area contributed by atoms with Crippen LogP contribution >= 0.6 is 11.6 Å². The van der Waals surface area contributed by atoms with Gasteiger partial charge in [-0.3, -0.25) is 14.6 Å². The number of fused-ring (bicyclic) bond motifs is 2. The van der Waals surface area contributed by atoms with Crippen LogP contribution in [0.3, 0.4) is 0 Å². The monoisotopic (exact) mass is 529 g/mol. The van der Waals surface area contributed by atoms with Gasteiger partial charge < -0.3 is 19.3 Å². The molecular formula is C30H32ClN5O2. The summed E-state index contributed by atoms with van der Waals surface area (Å²) in [7, 11) is 0. The highest BCUT2D eigenvalue weighted by Crippen LogP contribution is 2.43. The Labute approximate surface area is 228 Å². The summed E-state index contributed by atoms with van der Waals surface area (Å²) in [6.07, 6.45) is 10.7. The van der Waals surface area contributed by atoms with E-state index in [0.717, 1.165) is 69.5 Å². The molecule has 8 heteroatoms. The zero-order valence-electron chi connectivity index (χ0n) is 21.5. The van der Waals surface area contributed by atoms with E-state index in [4.69, 9.17) is 11.6 Å². The second-order valence-corrected chi connectivity index (χ2v) is 11.7. The number of aryl methyl sites for hydroxylation is 1. The molecule has 1 aromatic carbocycles. The molecule has 1 unspecified atom stereocenters. The first kappa shape index (κ1) is 23.8. The summed E-state index contributed by atoms with van der Waals surface area (Å²) in [5.41, 5.74) is 5.21. The molecule has 1 atom stereocenters. The van der Waals surface area contributed by atoms with Crippen molar-refractivity contribution >= 4 is 29.1 Å². The number of anilines is 1. The van der Waals surface area contributed by atoms with Crippen molar-refractivity contribution in [3.63, 3.8) is 0 Å². The summed E-state index contributed by atoms with van der Waals surface area (Å²) in [6.45, 7) is 5.11. The maximum atomic E-state index is 13.6. The number of hydrogen-bond acceptors (Lipinski definition) is 4. The first-order valence-corrected chi connectivity index (χ1v) is 14.1. The smallest absolute Gasteiger partial charge is 0.272 e. The van der Waals surface area contributed by atoms with E-state index in [1.807, 2.05) is 39.0 Å². The van der Waals surface area contributed by atoms with Gasteiger partial charge in [-0.15, -0.1) is 0 Å². The summed E-state index contributed by atoms with van der Waals surface area (Å²) in [6, 6.07) is 12.1. The van der Waals surface area contributed by atoms with E-state index in [-0.39, 0.29) is 23.3 Å². The molecule has 1 aliphatic carbocycles. The zero-order valence-corrected chi connectivity index (χ0v) is 22.2. The first-order valence-electron chi connectivity index (χ1n) is 13.7. The lowest BCUT2D eigenvalue weighted by Crippen LogP contribution is -2.44. The van der Waals surface area contributed by atoms with Crippen molar-refractivity contribution in [2.24, 2.45) is 5.41 Å². The highest BCUT2D eigenvalue weighted by Gasteiger charge is 2.42. The normalized spacial score (nSPS) is 22.2. The number of carbonyl (C=O) groups excluding carboxylic acids is 2. The average Bonchev–Trinajstić information content (AvgIpc) is 3.67. The van der Waals surface area contributed by atoms with Gasteiger partial charge in [0.1, 0.15) is 5.69 Å².